The molecule has 0 saturated carbocycles. The molecule has 1 aliphatic heterocycles. The maximum Gasteiger partial charge on any atom is 0.317 e. The third-order valence-corrected chi connectivity index (χ3v) is 4.56. The maximum absolute atomic E-state index is 12.6. The van der Waals surface area contributed by atoms with Crippen LogP contribution in [0.4, 0.5) is 4.79 Å². The Morgan fingerprint density at radius 2 is 2.27 bits per heavy atom. The molecule has 0 atom stereocenters. The highest BCUT2D eigenvalue weighted by Gasteiger charge is 2.25. The highest BCUT2D eigenvalue weighted by molar-refractivity contribution is 5.74. The Morgan fingerprint density at radius 3 is 3.12 bits per heavy atom. The molecule has 2 aromatic heterocycles. The standard InChI is InChI=1S/C18H19N5O3/c1-26-13-4-2-3-12(9-13)10-19-18(25)22-8-6-15-14(11-22)17(24)23-16(21-15)5-7-20-23/h2-5,7,9,20H,6,8,10-11H2,1H3,(H,19,25). The summed E-state index contributed by atoms with van der Waals surface area (Å²) in [7, 11) is 1.61. The van der Waals surface area contributed by atoms with Gasteiger partial charge in [-0.05, 0) is 17.7 Å². The van der Waals surface area contributed by atoms with Crippen LogP contribution in [0.2, 0.25) is 0 Å². The van der Waals surface area contributed by atoms with Gasteiger partial charge in [0.15, 0.2) is 5.65 Å². The lowest BCUT2D eigenvalue weighted by molar-refractivity contribution is 0.191. The van der Waals surface area contributed by atoms with Crippen molar-refractivity contribution in [2.75, 3.05) is 13.7 Å². The fourth-order valence-corrected chi connectivity index (χ4v) is 3.16. The molecule has 0 unspecified atom stereocenters. The predicted molar refractivity (Wildman–Crippen MR) is 95.2 cm³/mol. The first kappa shape index (κ1) is 16.2. The van der Waals surface area contributed by atoms with Gasteiger partial charge in [0.1, 0.15) is 5.75 Å². The molecule has 26 heavy (non-hydrogen) atoms. The summed E-state index contributed by atoms with van der Waals surface area (Å²) in [6, 6.07) is 9.10. The van der Waals surface area contributed by atoms with Crippen molar-refractivity contribution < 1.29 is 9.53 Å². The summed E-state index contributed by atoms with van der Waals surface area (Å²) in [6.45, 7) is 1.18. The first-order valence-electron chi connectivity index (χ1n) is 8.39. The zero-order chi connectivity index (χ0) is 18.1. The van der Waals surface area contributed by atoms with E-state index in [1.54, 1.807) is 24.3 Å². The number of urea groups is 1. The van der Waals surface area contributed by atoms with Crippen LogP contribution in [0.25, 0.3) is 5.65 Å². The minimum absolute atomic E-state index is 0.153. The molecule has 8 heteroatoms. The Hall–Kier alpha value is -3.29. The number of H-pyrrole nitrogens is 1. The molecule has 3 aromatic rings. The van der Waals surface area contributed by atoms with E-state index in [1.807, 2.05) is 24.3 Å². The molecule has 0 aliphatic carbocycles. The highest BCUT2D eigenvalue weighted by Crippen LogP contribution is 2.16. The lowest BCUT2D eigenvalue weighted by atomic mass is 10.1. The van der Waals surface area contributed by atoms with E-state index in [0.717, 1.165) is 17.0 Å². The largest absolute Gasteiger partial charge is 0.497 e. The minimum Gasteiger partial charge on any atom is -0.497 e. The van der Waals surface area contributed by atoms with Crippen LogP contribution in [-0.2, 0) is 19.5 Å². The van der Waals surface area contributed by atoms with Gasteiger partial charge >= 0.3 is 6.03 Å². The van der Waals surface area contributed by atoms with Crippen molar-refractivity contribution in [1.29, 1.82) is 0 Å². The van der Waals surface area contributed by atoms with Gasteiger partial charge < -0.3 is 15.0 Å². The lowest BCUT2D eigenvalue weighted by Crippen LogP contribution is -2.44. The smallest absolute Gasteiger partial charge is 0.317 e. The molecular weight excluding hydrogens is 334 g/mol. The van der Waals surface area contributed by atoms with E-state index < -0.39 is 0 Å². The molecule has 1 aromatic carbocycles. The average molecular weight is 353 g/mol. The molecule has 0 fully saturated rings. The maximum atomic E-state index is 12.6. The van der Waals surface area contributed by atoms with Gasteiger partial charge in [0.2, 0.25) is 0 Å². The van der Waals surface area contributed by atoms with Crippen molar-refractivity contribution in [2.45, 2.75) is 19.5 Å². The number of rotatable bonds is 3. The molecule has 2 amide bonds. The summed E-state index contributed by atoms with van der Waals surface area (Å²) in [5.74, 6) is 0.748. The first-order chi connectivity index (χ1) is 12.7. The monoisotopic (exact) mass is 353 g/mol. The van der Waals surface area contributed by atoms with E-state index in [-0.39, 0.29) is 18.1 Å². The fraction of sp³-hybridized carbons (Fsp3) is 0.278. The number of ether oxygens (including phenoxy) is 1. The number of nitrogens with one attached hydrogen (secondary N) is 2. The van der Waals surface area contributed by atoms with E-state index >= 15 is 0 Å². The van der Waals surface area contributed by atoms with E-state index in [0.29, 0.717) is 30.7 Å². The van der Waals surface area contributed by atoms with Crippen LogP contribution in [0.3, 0.4) is 0 Å². The number of methoxy groups -OCH3 is 1. The highest BCUT2D eigenvalue weighted by atomic mass is 16.5. The van der Waals surface area contributed by atoms with E-state index in [9.17, 15) is 9.59 Å². The third-order valence-electron chi connectivity index (χ3n) is 4.56. The third kappa shape index (κ3) is 2.90. The van der Waals surface area contributed by atoms with Crippen molar-refractivity contribution in [3.05, 3.63) is 63.7 Å². The lowest BCUT2D eigenvalue weighted by Gasteiger charge is -2.27. The number of hydrogen-bond donors (Lipinski definition) is 2. The van der Waals surface area contributed by atoms with Crippen LogP contribution in [0.5, 0.6) is 5.75 Å². The van der Waals surface area contributed by atoms with Gasteiger partial charge in [0.25, 0.3) is 5.56 Å². The Kier molecular flexibility index (Phi) is 4.08. The van der Waals surface area contributed by atoms with E-state index in [1.165, 1.54) is 4.52 Å². The number of hydrogen-bond acceptors (Lipinski definition) is 4. The van der Waals surface area contributed by atoms with Crippen molar-refractivity contribution in [3.63, 3.8) is 0 Å². The molecule has 8 nitrogen and oxygen atoms in total. The topological polar surface area (TPSA) is 91.7 Å². The fourth-order valence-electron chi connectivity index (χ4n) is 3.16. The normalized spacial score (nSPS) is 13.5. The Balaban J connectivity index is 1.47. The number of aromatic nitrogens is 3. The van der Waals surface area contributed by atoms with Crippen LogP contribution in [0.1, 0.15) is 16.8 Å². The Bertz CT molecular complexity index is 1020. The molecule has 134 valence electrons. The quantitative estimate of drug-likeness (QED) is 0.742. The van der Waals surface area contributed by atoms with Crippen LogP contribution in [-0.4, -0.2) is 39.2 Å². The van der Waals surface area contributed by atoms with Crippen LogP contribution in [0, 0.1) is 0 Å². The molecule has 0 spiro atoms. The Morgan fingerprint density at radius 1 is 1.38 bits per heavy atom. The van der Waals surface area contributed by atoms with Gasteiger partial charge in [-0.25, -0.2) is 14.3 Å². The van der Waals surface area contributed by atoms with Gasteiger partial charge in [0.05, 0.1) is 24.9 Å². The minimum atomic E-state index is -0.200. The molecule has 0 bridgehead atoms. The summed E-state index contributed by atoms with van der Waals surface area (Å²) in [5.41, 5.74) is 2.73. The molecule has 2 N–H and O–H groups in total. The predicted octanol–water partition coefficient (Wildman–Crippen LogP) is 1.30. The second-order valence-corrected chi connectivity index (χ2v) is 6.18. The molecule has 0 saturated heterocycles. The van der Waals surface area contributed by atoms with Gasteiger partial charge in [-0.15, -0.1) is 0 Å². The van der Waals surface area contributed by atoms with Crippen LogP contribution >= 0.6 is 0 Å². The zero-order valence-electron chi connectivity index (χ0n) is 14.4. The number of fused-ring (bicyclic) bond motifs is 2. The number of amides is 2. The van der Waals surface area contributed by atoms with Crippen molar-refractivity contribution >= 4 is 11.7 Å². The summed E-state index contributed by atoms with van der Waals surface area (Å²) >= 11 is 0. The second-order valence-electron chi connectivity index (χ2n) is 6.18. The second kappa shape index (κ2) is 6.55. The summed E-state index contributed by atoms with van der Waals surface area (Å²) in [5, 5.41) is 5.75. The number of benzene rings is 1. The van der Waals surface area contributed by atoms with Crippen LogP contribution in [0.15, 0.2) is 41.3 Å². The first-order valence-corrected chi connectivity index (χ1v) is 8.39. The summed E-state index contributed by atoms with van der Waals surface area (Å²) in [6.07, 6.45) is 2.24. The summed E-state index contributed by atoms with van der Waals surface area (Å²) < 4.78 is 6.59. The van der Waals surface area contributed by atoms with Gasteiger partial charge in [-0.2, -0.15) is 0 Å². The van der Waals surface area contributed by atoms with Crippen molar-refractivity contribution in [2.24, 2.45) is 0 Å². The molecule has 3 heterocycles. The van der Waals surface area contributed by atoms with E-state index in [4.69, 9.17) is 4.74 Å². The molecule has 1 aliphatic rings. The van der Waals surface area contributed by atoms with E-state index in [2.05, 4.69) is 15.4 Å². The van der Waals surface area contributed by atoms with Gasteiger partial charge in [0, 0.05) is 31.8 Å². The number of carbonyl (C=O) groups is 1. The number of nitrogens with zero attached hydrogens (tertiary/aromatic N) is 3. The average Bonchev–Trinajstić information content (AvgIpc) is 3.15. The number of carbonyl (C=O) groups excluding carboxylic acids is 1. The van der Waals surface area contributed by atoms with Crippen molar-refractivity contribution in [3.8, 4) is 5.75 Å². The van der Waals surface area contributed by atoms with Gasteiger partial charge in [-0.1, -0.05) is 12.1 Å². The number of aromatic amines is 1. The van der Waals surface area contributed by atoms with Gasteiger partial charge in [-0.3, -0.25) is 9.89 Å². The zero-order valence-corrected chi connectivity index (χ0v) is 14.4. The molecular formula is C18H19N5O3. The summed E-state index contributed by atoms with van der Waals surface area (Å²) in [4.78, 5) is 31.2. The Labute approximate surface area is 149 Å². The molecule has 0 radical (unpaired) electrons. The SMILES string of the molecule is COc1cccc(CNC(=O)N2CCc3nc4cc[nH]n4c(=O)c3C2)c1. The van der Waals surface area contributed by atoms with Crippen LogP contribution < -0.4 is 15.6 Å². The molecule has 4 rings (SSSR count). The van der Waals surface area contributed by atoms with Crippen molar-refractivity contribution in [1.82, 2.24) is 24.8 Å².